The number of halogens is 3. The van der Waals surface area contributed by atoms with Crippen LogP contribution in [0.4, 0.5) is 11.4 Å². The molecule has 150 valence electrons. The van der Waals surface area contributed by atoms with Crippen molar-refractivity contribution in [2.75, 3.05) is 19.5 Å². The van der Waals surface area contributed by atoms with E-state index >= 15 is 0 Å². The number of alkyl halides is 1. The van der Waals surface area contributed by atoms with Gasteiger partial charge < -0.3 is 15.2 Å². The van der Waals surface area contributed by atoms with Gasteiger partial charge >= 0.3 is 29.6 Å². The van der Waals surface area contributed by atoms with Crippen LogP contribution in [0.15, 0.2) is 35.7 Å². The molecule has 0 spiro atoms. The largest absolute Gasteiger partial charge is 1.00 e. The van der Waals surface area contributed by atoms with E-state index < -0.39 is 0 Å². The van der Waals surface area contributed by atoms with Crippen LogP contribution in [0.1, 0.15) is 7.43 Å². The molecule has 0 amide bonds. The van der Waals surface area contributed by atoms with Crippen LogP contribution < -0.4 is 44.7 Å². The fraction of sp³-hybridized carbons (Fsp3) is 0.235. The van der Waals surface area contributed by atoms with Crippen molar-refractivity contribution in [3.05, 3.63) is 41.0 Å². The number of hydrogen-bond donors (Lipinski definition) is 1. The van der Waals surface area contributed by atoms with Crippen LogP contribution in [0.25, 0.3) is 11.0 Å². The van der Waals surface area contributed by atoms with Crippen LogP contribution >= 0.6 is 34.8 Å². The van der Waals surface area contributed by atoms with Crippen molar-refractivity contribution in [3.8, 4) is 5.88 Å². The summed E-state index contributed by atoms with van der Waals surface area (Å²) in [6, 6.07) is 3.52. The third-order valence-corrected chi connectivity index (χ3v) is 3.90. The van der Waals surface area contributed by atoms with Gasteiger partial charge in [0.15, 0.2) is 10.3 Å². The summed E-state index contributed by atoms with van der Waals surface area (Å²) in [5.41, 5.74) is 2.43. The van der Waals surface area contributed by atoms with Crippen molar-refractivity contribution in [1.29, 1.82) is 0 Å². The van der Waals surface area contributed by atoms with E-state index in [0.717, 1.165) is 12.8 Å². The van der Waals surface area contributed by atoms with Gasteiger partial charge in [0.05, 0.1) is 30.2 Å². The monoisotopic (exact) mass is 466 g/mol. The van der Waals surface area contributed by atoms with Crippen molar-refractivity contribution < 1.29 is 39.4 Å². The van der Waals surface area contributed by atoms with Gasteiger partial charge in [-0.05, 0) is 12.1 Å². The third-order valence-electron chi connectivity index (χ3n) is 3.11. The van der Waals surface area contributed by atoms with Crippen LogP contribution in [0.3, 0.4) is 0 Å². The molecule has 29 heavy (non-hydrogen) atoms. The molecule has 0 bridgehead atoms. The van der Waals surface area contributed by atoms with E-state index in [0.29, 0.717) is 32.9 Å². The number of fused-ring (bicyclic) bond motifs is 2. The zero-order valence-corrected chi connectivity index (χ0v) is 19.5. The molecule has 4 rings (SSSR count). The van der Waals surface area contributed by atoms with Crippen molar-refractivity contribution >= 4 is 63.4 Å². The summed E-state index contributed by atoms with van der Waals surface area (Å²) in [7, 11) is 2.28. The number of aliphatic imine (C=N–C) groups is 1. The number of nitrogens with zero attached hydrogens (tertiary/aromatic N) is 5. The van der Waals surface area contributed by atoms with Gasteiger partial charge in [-0.25, -0.2) is 19.9 Å². The first-order chi connectivity index (χ1) is 13.1. The minimum atomic E-state index is -0.306. The number of pyridine rings is 2. The van der Waals surface area contributed by atoms with E-state index in [1.165, 1.54) is 7.11 Å². The minimum Gasteiger partial charge on any atom is -0.857 e. The molecule has 0 saturated carbocycles. The predicted molar refractivity (Wildman–Crippen MR) is 112 cm³/mol. The van der Waals surface area contributed by atoms with E-state index in [2.05, 4.69) is 30.2 Å². The Balaban J connectivity index is 0.000000469. The van der Waals surface area contributed by atoms with Gasteiger partial charge in [0.1, 0.15) is 11.0 Å². The van der Waals surface area contributed by atoms with Crippen molar-refractivity contribution in [2.24, 2.45) is 4.99 Å². The van der Waals surface area contributed by atoms with E-state index in [1.54, 1.807) is 36.9 Å². The van der Waals surface area contributed by atoms with Gasteiger partial charge in [-0.2, -0.15) is 7.11 Å². The summed E-state index contributed by atoms with van der Waals surface area (Å²) in [6.45, 7) is 0. The fourth-order valence-electron chi connectivity index (χ4n) is 1.98. The normalized spacial score (nSPS) is 13.1. The molecule has 3 aromatic heterocycles. The number of hydrogen-bond acceptors (Lipinski definition) is 8. The van der Waals surface area contributed by atoms with E-state index in [9.17, 15) is 0 Å². The van der Waals surface area contributed by atoms with Gasteiger partial charge in [0.25, 0.3) is 0 Å². The van der Waals surface area contributed by atoms with Gasteiger partial charge in [0, 0.05) is 18.6 Å². The molecule has 1 aliphatic heterocycles. The first-order valence-electron chi connectivity index (χ1n) is 7.40. The van der Waals surface area contributed by atoms with Gasteiger partial charge in [-0.3, -0.25) is 4.99 Å². The summed E-state index contributed by atoms with van der Waals surface area (Å²) in [5, 5.41) is 11.9. The molecular formula is C17H18Cl3N6NaO2. The molecule has 1 aliphatic rings. The first-order valence-corrected chi connectivity index (χ1v) is 8.59. The van der Waals surface area contributed by atoms with Crippen LogP contribution in [0.5, 0.6) is 5.88 Å². The Labute approximate surface area is 206 Å². The van der Waals surface area contributed by atoms with Crippen molar-refractivity contribution in [1.82, 2.24) is 19.9 Å². The molecular weight excluding hydrogens is 450 g/mol. The Kier molecular flexibility index (Phi) is 13.3. The maximum absolute atomic E-state index is 8.25. The zero-order valence-electron chi connectivity index (χ0n) is 15.2. The molecule has 8 nitrogen and oxygen atoms in total. The molecule has 3 aromatic rings. The minimum absolute atomic E-state index is 0. The Bertz CT molecular complexity index is 948. The van der Waals surface area contributed by atoms with Gasteiger partial charge in [-0.15, -0.1) is 0 Å². The number of rotatable bonds is 1. The predicted octanol–water partition coefficient (Wildman–Crippen LogP) is 0.731. The Morgan fingerprint density at radius 2 is 1.72 bits per heavy atom. The number of aromatic nitrogens is 4. The summed E-state index contributed by atoms with van der Waals surface area (Å²) in [5.74, 6) is 0.433. The number of ether oxygens (including phenoxy) is 1. The average molecular weight is 468 g/mol. The number of methoxy groups -OCH3 is 1. The third kappa shape index (κ3) is 7.49. The van der Waals surface area contributed by atoms with Crippen molar-refractivity contribution in [3.63, 3.8) is 0 Å². The summed E-state index contributed by atoms with van der Waals surface area (Å²) in [6.07, 6.45) is 6.35. The van der Waals surface area contributed by atoms with Crippen LogP contribution in [0, 0.1) is 0 Å². The topological polar surface area (TPSA) is 108 Å². The van der Waals surface area contributed by atoms with Crippen molar-refractivity contribution in [2.45, 2.75) is 12.9 Å². The number of nitrogens with one attached hydrogen (secondary N) is 1. The van der Waals surface area contributed by atoms with Crippen LogP contribution in [0.2, 0.25) is 10.3 Å². The summed E-state index contributed by atoms with van der Waals surface area (Å²) < 4.78 is 4.92. The second-order valence-corrected chi connectivity index (χ2v) is 5.89. The van der Waals surface area contributed by atoms with Crippen LogP contribution in [-0.2, 0) is 0 Å². The maximum Gasteiger partial charge on any atom is 1.00 e. The molecule has 4 heterocycles. The molecule has 0 aliphatic carbocycles. The van der Waals surface area contributed by atoms with Gasteiger partial charge in [-0.1, -0.05) is 42.2 Å². The molecule has 0 radical (unpaired) electrons. The summed E-state index contributed by atoms with van der Waals surface area (Å²) >= 11 is 17.4. The van der Waals surface area contributed by atoms with E-state index in [1.807, 2.05) is 0 Å². The first kappa shape index (κ1) is 27.7. The Morgan fingerprint density at radius 1 is 1.07 bits per heavy atom. The Hall–Kier alpha value is -1.26. The molecule has 12 heteroatoms. The molecule has 0 aromatic carbocycles. The fourth-order valence-corrected chi connectivity index (χ4v) is 2.55. The zero-order chi connectivity index (χ0) is 19.8. The molecule has 0 saturated heterocycles. The van der Waals surface area contributed by atoms with E-state index in [-0.39, 0.29) is 42.5 Å². The molecule has 1 atom stereocenters. The van der Waals surface area contributed by atoms with Gasteiger partial charge in [0.2, 0.25) is 5.88 Å². The SMILES string of the molecule is C.COc1cnc2ccnc(Cl)c2n1.C[O-].Clc1nccc2c1NC(Cl)C=N2.[Na+]. The summed E-state index contributed by atoms with van der Waals surface area (Å²) in [4.78, 5) is 20.1. The quantitative estimate of drug-likeness (QED) is 0.243. The molecule has 0 fully saturated rings. The maximum atomic E-state index is 8.25. The standard InChI is InChI=1S/C8H6ClN3O.C7H5Cl2N3.CH3O.CH4.Na/c1-13-6-4-11-5-2-3-10-8(9)7(5)12-6;8-5-3-11-4-1-2-10-7(9)6(4)12-5;1-2;;/h2-4H,1H3;1-3,5,12H;1H3;1H4;/q;;-1;;+1. The average Bonchev–Trinajstić information content (AvgIpc) is 2.71. The smallest absolute Gasteiger partial charge is 0.857 e. The second-order valence-electron chi connectivity index (χ2n) is 4.70. The molecule has 1 N–H and O–H groups in total. The second kappa shape index (κ2) is 13.9. The number of anilines is 1. The van der Waals surface area contributed by atoms with Crippen LogP contribution in [-0.4, -0.2) is 45.9 Å². The molecule has 1 unspecified atom stereocenters. The Morgan fingerprint density at radius 3 is 2.41 bits per heavy atom. The van der Waals surface area contributed by atoms with E-state index in [4.69, 9.17) is 44.6 Å².